The molecule has 0 aliphatic heterocycles. The van der Waals surface area contributed by atoms with E-state index in [1.165, 1.54) is 23.5 Å². The first-order chi connectivity index (χ1) is 9.94. The van der Waals surface area contributed by atoms with Crippen LogP contribution in [0.1, 0.15) is 0 Å². The second-order valence-electron chi connectivity index (χ2n) is 4.19. The number of nitrogens with zero attached hydrogens (tertiary/aromatic N) is 1. The lowest BCUT2D eigenvalue weighted by atomic mass is 10.3. The van der Waals surface area contributed by atoms with Gasteiger partial charge in [-0.3, -0.25) is 4.72 Å². The SMILES string of the molecule is O=S(=O)(Nc1nc2ccc(Cl)cc2s1)c1ccc(Br)cc1. The van der Waals surface area contributed by atoms with E-state index in [4.69, 9.17) is 11.6 Å². The zero-order valence-corrected chi connectivity index (χ0v) is 14.4. The van der Waals surface area contributed by atoms with Crippen molar-refractivity contribution in [1.29, 1.82) is 0 Å². The normalized spacial score (nSPS) is 11.7. The van der Waals surface area contributed by atoms with Gasteiger partial charge in [0.1, 0.15) is 0 Å². The molecular weight excluding hydrogens is 396 g/mol. The van der Waals surface area contributed by atoms with Crippen LogP contribution in [0.15, 0.2) is 51.8 Å². The zero-order valence-electron chi connectivity index (χ0n) is 10.4. The highest BCUT2D eigenvalue weighted by Gasteiger charge is 2.16. The standard InChI is InChI=1S/C13H8BrClN2O2S2/c14-8-1-4-10(5-2-8)21(18,19)17-13-16-11-6-3-9(15)7-12(11)20-13/h1-7H,(H,16,17). The number of anilines is 1. The summed E-state index contributed by atoms with van der Waals surface area (Å²) in [4.78, 5) is 4.43. The highest BCUT2D eigenvalue weighted by molar-refractivity contribution is 9.10. The maximum atomic E-state index is 12.3. The quantitative estimate of drug-likeness (QED) is 0.700. The van der Waals surface area contributed by atoms with Crippen LogP contribution >= 0.6 is 38.9 Å². The molecule has 108 valence electrons. The van der Waals surface area contributed by atoms with Crippen molar-refractivity contribution in [3.8, 4) is 0 Å². The fourth-order valence-electron chi connectivity index (χ4n) is 1.73. The van der Waals surface area contributed by atoms with Gasteiger partial charge in [-0.2, -0.15) is 0 Å². The lowest BCUT2D eigenvalue weighted by Crippen LogP contribution is -2.12. The minimum atomic E-state index is -3.64. The molecule has 0 fully saturated rings. The second kappa shape index (κ2) is 5.57. The summed E-state index contributed by atoms with van der Waals surface area (Å²) < 4.78 is 28.7. The molecular formula is C13H8BrClN2O2S2. The predicted octanol–water partition coefficient (Wildman–Crippen LogP) is 4.51. The van der Waals surface area contributed by atoms with Crippen molar-refractivity contribution in [2.45, 2.75) is 4.90 Å². The Balaban J connectivity index is 1.95. The molecule has 0 amide bonds. The Morgan fingerprint density at radius 2 is 1.86 bits per heavy atom. The molecule has 0 saturated carbocycles. The highest BCUT2D eigenvalue weighted by atomic mass is 79.9. The number of fused-ring (bicyclic) bond motifs is 1. The molecule has 4 nitrogen and oxygen atoms in total. The number of benzene rings is 2. The minimum absolute atomic E-state index is 0.183. The summed E-state index contributed by atoms with van der Waals surface area (Å²) in [6, 6.07) is 11.6. The Bertz CT molecular complexity index is 908. The van der Waals surface area contributed by atoms with Crippen LogP contribution < -0.4 is 4.72 Å². The number of hydrogen-bond donors (Lipinski definition) is 1. The number of sulfonamides is 1. The molecule has 0 unspecified atom stereocenters. The van der Waals surface area contributed by atoms with Gasteiger partial charge in [0.05, 0.1) is 15.1 Å². The maximum absolute atomic E-state index is 12.3. The third-order valence-corrected chi connectivity index (χ3v) is 5.88. The number of hydrogen-bond acceptors (Lipinski definition) is 4. The predicted molar refractivity (Wildman–Crippen MR) is 89.6 cm³/mol. The van der Waals surface area contributed by atoms with E-state index in [1.807, 2.05) is 0 Å². The number of halogens is 2. The summed E-state index contributed by atoms with van der Waals surface area (Å²) in [7, 11) is -3.64. The van der Waals surface area contributed by atoms with E-state index in [9.17, 15) is 8.42 Å². The van der Waals surface area contributed by atoms with E-state index in [2.05, 4.69) is 25.6 Å². The Hall–Kier alpha value is -1.15. The fraction of sp³-hybridized carbons (Fsp3) is 0. The Kier molecular flexibility index (Phi) is 3.92. The maximum Gasteiger partial charge on any atom is 0.263 e. The second-order valence-corrected chi connectivity index (χ2v) is 8.26. The summed E-state index contributed by atoms with van der Waals surface area (Å²) in [5.74, 6) is 0. The van der Waals surface area contributed by atoms with Gasteiger partial charge in [0.2, 0.25) is 0 Å². The molecule has 0 aliphatic carbocycles. The van der Waals surface area contributed by atoms with Crippen molar-refractivity contribution in [2.75, 3.05) is 4.72 Å². The molecule has 0 aliphatic rings. The van der Waals surface area contributed by atoms with Crippen molar-refractivity contribution in [1.82, 2.24) is 4.98 Å². The van der Waals surface area contributed by atoms with Gasteiger partial charge in [0.15, 0.2) is 5.13 Å². The van der Waals surface area contributed by atoms with Crippen LogP contribution in [0.5, 0.6) is 0 Å². The monoisotopic (exact) mass is 402 g/mol. The Morgan fingerprint density at radius 3 is 2.57 bits per heavy atom. The van der Waals surface area contributed by atoms with Crippen LogP contribution in [0.4, 0.5) is 5.13 Å². The highest BCUT2D eigenvalue weighted by Crippen LogP contribution is 2.29. The molecule has 21 heavy (non-hydrogen) atoms. The lowest BCUT2D eigenvalue weighted by molar-refractivity contribution is 0.601. The van der Waals surface area contributed by atoms with Crippen LogP contribution in [0, 0.1) is 0 Å². The number of nitrogens with one attached hydrogen (secondary N) is 1. The van der Waals surface area contributed by atoms with E-state index in [0.29, 0.717) is 15.7 Å². The summed E-state index contributed by atoms with van der Waals surface area (Å²) in [6.07, 6.45) is 0. The molecule has 0 bridgehead atoms. The third kappa shape index (κ3) is 3.21. The van der Waals surface area contributed by atoms with E-state index in [0.717, 1.165) is 9.17 Å². The molecule has 1 aromatic heterocycles. The van der Waals surface area contributed by atoms with Crippen molar-refractivity contribution in [2.24, 2.45) is 0 Å². The molecule has 1 N–H and O–H groups in total. The van der Waals surface area contributed by atoms with E-state index in [-0.39, 0.29) is 4.90 Å². The summed E-state index contributed by atoms with van der Waals surface area (Å²) >= 11 is 10.4. The number of rotatable bonds is 3. The van der Waals surface area contributed by atoms with Gasteiger partial charge in [-0.25, -0.2) is 13.4 Å². The zero-order chi connectivity index (χ0) is 15.0. The fourth-order valence-corrected chi connectivity index (χ4v) is 4.37. The van der Waals surface area contributed by atoms with Crippen LogP contribution in [0.25, 0.3) is 10.2 Å². The molecule has 3 aromatic rings. The molecule has 3 rings (SSSR count). The first kappa shape index (κ1) is 14.8. The molecule has 0 atom stereocenters. The van der Waals surface area contributed by atoms with Crippen LogP contribution in [-0.2, 0) is 10.0 Å². The first-order valence-electron chi connectivity index (χ1n) is 5.78. The molecule has 0 radical (unpaired) electrons. The van der Waals surface area contributed by atoms with Gasteiger partial charge in [-0.1, -0.05) is 38.9 Å². The Morgan fingerprint density at radius 1 is 1.14 bits per heavy atom. The number of aromatic nitrogens is 1. The van der Waals surface area contributed by atoms with Gasteiger partial charge in [-0.15, -0.1) is 0 Å². The van der Waals surface area contributed by atoms with E-state index >= 15 is 0 Å². The van der Waals surface area contributed by atoms with Gasteiger partial charge in [-0.05, 0) is 42.5 Å². The van der Waals surface area contributed by atoms with Crippen molar-refractivity contribution in [3.05, 3.63) is 52.0 Å². The van der Waals surface area contributed by atoms with Gasteiger partial charge in [0.25, 0.3) is 10.0 Å². The lowest BCUT2D eigenvalue weighted by Gasteiger charge is -2.04. The molecule has 2 aromatic carbocycles. The van der Waals surface area contributed by atoms with E-state index < -0.39 is 10.0 Å². The van der Waals surface area contributed by atoms with E-state index in [1.54, 1.807) is 30.3 Å². The largest absolute Gasteiger partial charge is 0.263 e. The minimum Gasteiger partial charge on any atom is -0.255 e. The van der Waals surface area contributed by atoms with Crippen LogP contribution in [0.2, 0.25) is 5.02 Å². The van der Waals surface area contributed by atoms with Crippen molar-refractivity contribution >= 4 is 64.2 Å². The molecule has 0 saturated heterocycles. The Labute approximate surface area is 139 Å². The third-order valence-electron chi connectivity index (χ3n) is 2.70. The summed E-state index contributed by atoms with van der Waals surface area (Å²) in [5, 5.41) is 0.906. The molecule has 0 spiro atoms. The summed E-state index contributed by atoms with van der Waals surface area (Å²) in [5.41, 5.74) is 0.706. The van der Waals surface area contributed by atoms with Gasteiger partial charge in [0, 0.05) is 9.50 Å². The van der Waals surface area contributed by atoms with Gasteiger partial charge >= 0.3 is 0 Å². The van der Waals surface area contributed by atoms with Crippen molar-refractivity contribution in [3.63, 3.8) is 0 Å². The smallest absolute Gasteiger partial charge is 0.255 e. The molecule has 1 heterocycles. The average molecular weight is 404 g/mol. The average Bonchev–Trinajstić information content (AvgIpc) is 2.79. The van der Waals surface area contributed by atoms with Crippen molar-refractivity contribution < 1.29 is 8.42 Å². The summed E-state index contributed by atoms with van der Waals surface area (Å²) in [6.45, 7) is 0. The number of thiazole rings is 1. The van der Waals surface area contributed by atoms with Crippen LogP contribution in [0.3, 0.4) is 0 Å². The van der Waals surface area contributed by atoms with Gasteiger partial charge < -0.3 is 0 Å². The topological polar surface area (TPSA) is 59.1 Å². The first-order valence-corrected chi connectivity index (χ1v) is 9.26. The van der Waals surface area contributed by atoms with Crippen LogP contribution in [-0.4, -0.2) is 13.4 Å². The molecule has 8 heteroatoms.